The Morgan fingerprint density at radius 3 is 3.13 bits per heavy atom. The Morgan fingerprint density at radius 2 is 2.40 bits per heavy atom. The van der Waals surface area contributed by atoms with Crippen LogP contribution >= 0.6 is 0 Å². The van der Waals surface area contributed by atoms with Crippen molar-refractivity contribution in [1.82, 2.24) is 14.5 Å². The van der Waals surface area contributed by atoms with E-state index in [0.717, 1.165) is 29.9 Å². The molecule has 15 heavy (non-hydrogen) atoms. The van der Waals surface area contributed by atoms with Gasteiger partial charge in [-0.2, -0.15) is 0 Å². The summed E-state index contributed by atoms with van der Waals surface area (Å²) in [6, 6.07) is 1.91. The van der Waals surface area contributed by atoms with Crippen molar-refractivity contribution in [1.29, 1.82) is 0 Å². The number of hydrogen-bond donors (Lipinski definition) is 2. The van der Waals surface area contributed by atoms with Crippen molar-refractivity contribution < 1.29 is 0 Å². The van der Waals surface area contributed by atoms with Crippen molar-refractivity contribution in [3.63, 3.8) is 0 Å². The number of pyridine rings is 1. The van der Waals surface area contributed by atoms with E-state index in [4.69, 9.17) is 5.73 Å². The van der Waals surface area contributed by atoms with Gasteiger partial charge in [0.2, 0.25) is 5.95 Å². The van der Waals surface area contributed by atoms with Gasteiger partial charge in [-0.15, -0.1) is 0 Å². The highest BCUT2D eigenvalue weighted by molar-refractivity contribution is 5.77. The van der Waals surface area contributed by atoms with Gasteiger partial charge in [-0.3, -0.25) is 4.98 Å². The highest BCUT2D eigenvalue weighted by Gasteiger charge is 2.05. The standard InChI is InChI=1S/C10H15N5/c1-15-9-7-12-6-3-8(9)14-10(15)13-5-2-4-11/h3,6-7H,2,4-5,11H2,1H3,(H,13,14). The SMILES string of the molecule is Cn1c(NCCCN)nc2ccncc21. The maximum Gasteiger partial charge on any atom is 0.203 e. The van der Waals surface area contributed by atoms with Gasteiger partial charge in [-0.1, -0.05) is 0 Å². The zero-order valence-electron chi connectivity index (χ0n) is 8.77. The predicted molar refractivity (Wildman–Crippen MR) is 60.7 cm³/mol. The lowest BCUT2D eigenvalue weighted by Crippen LogP contribution is -2.11. The molecule has 0 aliphatic heterocycles. The molecule has 0 saturated heterocycles. The Morgan fingerprint density at radius 1 is 1.53 bits per heavy atom. The zero-order chi connectivity index (χ0) is 10.7. The highest BCUT2D eigenvalue weighted by Crippen LogP contribution is 2.15. The Balaban J connectivity index is 2.24. The van der Waals surface area contributed by atoms with Crippen LogP contribution in [0, 0.1) is 0 Å². The van der Waals surface area contributed by atoms with Crippen molar-refractivity contribution in [3.8, 4) is 0 Å². The summed E-state index contributed by atoms with van der Waals surface area (Å²) in [4.78, 5) is 8.53. The fourth-order valence-electron chi connectivity index (χ4n) is 1.50. The molecule has 0 spiro atoms. The van der Waals surface area contributed by atoms with Gasteiger partial charge in [0.25, 0.3) is 0 Å². The zero-order valence-corrected chi connectivity index (χ0v) is 8.77. The van der Waals surface area contributed by atoms with Crippen LogP contribution in [0.2, 0.25) is 0 Å². The van der Waals surface area contributed by atoms with E-state index in [1.807, 2.05) is 23.9 Å². The lowest BCUT2D eigenvalue weighted by Gasteiger charge is -2.04. The quantitative estimate of drug-likeness (QED) is 0.722. The molecular formula is C10H15N5. The summed E-state index contributed by atoms with van der Waals surface area (Å²) in [7, 11) is 1.97. The first kappa shape index (κ1) is 9.92. The molecule has 0 unspecified atom stereocenters. The van der Waals surface area contributed by atoms with Crippen LogP contribution in [0.15, 0.2) is 18.5 Å². The summed E-state index contributed by atoms with van der Waals surface area (Å²) >= 11 is 0. The lowest BCUT2D eigenvalue weighted by atomic mass is 10.4. The summed E-state index contributed by atoms with van der Waals surface area (Å²) in [5, 5.41) is 3.25. The number of aromatic nitrogens is 3. The van der Waals surface area contributed by atoms with Crippen LogP contribution in [0.5, 0.6) is 0 Å². The smallest absolute Gasteiger partial charge is 0.203 e. The minimum atomic E-state index is 0.693. The Hall–Kier alpha value is -1.62. The Bertz CT molecular complexity index is 448. The summed E-state index contributed by atoms with van der Waals surface area (Å²) < 4.78 is 2.00. The molecular weight excluding hydrogens is 190 g/mol. The molecule has 2 aromatic rings. The fourth-order valence-corrected chi connectivity index (χ4v) is 1.50. The molecule has 5 heteroatoms. The fraction of sp³-hybridized carbons (Fsp3) is 0.400. The van der Waals surface area contributed by atoms with Crippen molar-refractivity contribution in [2.24, 2.45) is 12.8 Å². The lowest BCUT2D eigenvalue weighted by molar-refractivity contribution is 0.847. The topological polar surface area (TPSA) is 68.8 Å². The molecule has 0 radical (unpaired) electrons. The predicted octanol–water partition coefficient (Wildman–Crippen LogP) is 0.729. The van der Waals surface area contributed by atoms with E-state index in [0.29, 0.717) is 6.54 Å². The van der Waals surface area contributed by atoms with Gasteiger partial charge in [0.15, 0.2) is 0 Å². The van der Waals surface area contributed by atoms with Gasteiger partial charge in [0.05, 0.1) is 17.2 Å². The third-order valence-electron chi connectivity index (χ3n) is 2.35. The van der Waals surface area contributed by atoms with Crippen LogP contribution in [-0.2, 0) is 7.05 Å². The van der Waals surface area contributed by atoms with Crippen LogP contribution in [0.4, 0.5) is 5.95 Å². The second kappa shape index (κ2) is 4.27. The minimum Gasteiger partial charge on any atom is -0.356 e. The first-order chi connectivity index (χ1) is 7.33. The van der Waals surface area contributed by atoms with Crippen molar-refractivity contribution >= 4 is 17.0 Å². The summed E-state index contributed by atoms with van der Waals surface area (Å²) in [6.45, 7) is 1.54. The molecule has 0 aliphatic carbocycles. The largest absolute Gasteiger partial charge is 0.356 e. The van der Waals surface area contributed by atoms with Crippen LogP contribution < -0.4 is 11.1 Å². The first-order valence-electron chi connectivity index (χ1n) is 5.03. The van der Waals surface area contributed by atoms with E-state index < -0.39 is 0 Å². The number of anilines is 1. The number of fused-ring (bicyclic) bond motifs is 1. The number of hydrogen-bond acceptors (Lipinski definition) is 4. The molecule has 0 aromatic carbocycles. The first-order valence-corrected chi connectivity index (χ1v) is 5.03. The molecule has 80 valence electrons. The summed E-state index contributed by atoms with van der Waals surface area (Å²) in [5.74, 6) is 0.867. The molecule has 2 rings (SSSR count). The average molecular weight is 205 g/mol. The van der Waals surface area contributed by atoms with Gasteiger partial charge >= 0.3 is 0 Å². The number of aryl methyl sites for hydroxylation is 1. The van der Waals surface area contributed by atoms with E-state index in [-0.39, 0.29) is 0 Å². The third kappa shape index (κ3) is 1.92. The molecule has 0 saturated carbocycles. The summed E-state index contributed by atoms with van der Waals surface area (Å²) in [5.41, 5.74) is 7.42. The van der Waals surface area contributed by atoms with E-state index >= 15 is 0 Å². The van der Waals surface area contributed by atoms with Gasteiger partial charge in [0.1, 0.15) is 0 Å². The Kier molecular flexibility index (Phi) is 2.82. The van der Waals surface area contributed by atoms with Crippen LogP contribution in [0.3, 0.4) is 0 Å². The molecule has 0 fully saturated rings. The Labute approximate surface area is 88.3 Å². The highest BCUT2D eigenvalue weighted by atomic mass is 15.2. The number of imidazole rings is 1. The normalized spacial score (nSPS) is 10.8. The van der Waals surface area contributed by atoms with E-state index in [1.54, 1.807) is 6.20 Å². The van der Waals surface area contributed by atoms with Crippen LogP contribution in [0.1, 0.15) is 6.42 Å². The third-order valence-corrected chi connectivity index (χ3v) is 2.35. The van der Waals surface area contributed by atoms with E-state index in [1.165, 1.54) is 0 Å². The maximum absolute atomic E-state index is 5.43. The van der Waals surface area contributed by atoms with E-state index in [9.17, 15) is 0 Å². The minimum absolute atomic E-state index is 0.693. The van der Waals surface area contributed by atoms with Gasteiger partial charge in [0, 0.05) is 19.8 Å². The molecule has 2 heterocycles. The second-order valence-corrected chi connectivity index (χ2v) is 3.43. The molecule has 0 bridgehead atoms. The number of nitrogens with two attached hydrogens (primary N) is 1. The molecule has 2 aromatic heterocycles. The number of nitrogens with one attached hydrogen (secondary N) is 1. The maximum atomic E-state index is 5.43. The van der Waals surface area contributed by atoms with Crippen molar-refractivity contribution in [2.45, 2.75) is 6.42 Å². The number of rotatable bonds is 4. The van der Waals surface area contributed by atoms with Gasteiger partial charge in [-0.05, 0) is 19.0 Å². The molecule has 0 aliphatic rings. The van der Waals surface area contributed by atoms with E-state index in [2.05, 4.69) is 15.3 Å². The van der Waals surface area contributed by atoms with Crippen molar-refractivity contribution in [3.05, 3.63) is 18.5 Å². The molecule has 5 nitrogen and oxygen atoms in total. The van der Waals surface area contributed by atoms with Crippen LogP contribution in [-0.4, -0.2) is 27.6 Å². The van der Waals surface area contributed by atoms with Gasteiger partial charge < -0.3 is 15.6 Å². The monoisotopic (exact) mass is 205 g/mol. The second-order valence-electron chi connectivity index (χ2n) is 3.43. The molecule has 3 N–H and O–H groups in total. The summed E-state index contributed by atoms with van der Waals surface area (Å²) in [6.07, 6.45) is 4.51. The number of nitrogens with zero attached hydrogens (tertiary/aromatic N) is 3. The van der Waals surface area contributed by atoms with Crippen molar-refractivity contribution in [2.75, 3.05) is 18.4 Å². The molecule has 0 atom stereocenters. The van der Waals surface area contributed by atoms with Crippen LogP contribution in [0.25, 0.3) is 11.0 Å². The van der Waals surface area contributed by atoms with Gasteiger partial charge in [-0.25, -0.2) is 4.98 Å². The average Bonchev–Trinajstić information content (AvgIpc) is 2.57. The molecule has 0 amide bonds.